The summed E-state index contributed by atoms with van der Waals surface area (Å²) in [5.74, 6) is 0.276. The smallest absolute Gasteiger partial charge is 0.265 e. The minimum atomic E-state index is -0.343. The summed E-state index contributed by atoms with van der Waals surface area (Å²) in [4.78, 5) is 19.5. The zero-order valence-corrected chi connectivity index (χ0v) is 14.3. The van der Waals surface area contributed by atoms with E-state index in [-0.39, 0.29) is 11.4 Å². The Labute approximate surface area is 140 Å². The van der Waals surface area contributed by atoms with Crippen molar-refractivity contribution < 1.29 is 4.39 Å². The molecule has 0 fully saturated rings. The second-order valence-electron chi connectivity index (χ2n) is 6.05. The van der Waals surface area contributed by atoms with Crippen LogP contribution in [-0.2, 0) is 6.42 Å². The van der Waals surface area contributed by atoms with Gasteiger partial charge >= 0.3 is 0 Å². The molecule has 0 aliphatic heterocycles. The first-order valence-electron chi connectivity index (χ1n) is 7.92. The molecular formula is C19H20FN3O. The van der Waals surface area contributed by atoms with Gasteiger partial charge in [0.25, 0.3) is 5.56 Å². The van der Waals surface area contributed by atoms with Crippen molar-refractivity contribution in [2.75, 3.05) is 19.0 Å². The van der Waals surface area contributed by atoms with E-state index in [0.717, 1.165) is 11.4 Å². The minimum Gasteiger partial charge on any atom is -0.378 e. The maximum absolute atomic E-state index is 13.8. The van der Waals surface area contributed by atoms with Crippen LogP contribution in [0.3, 0.4) is 0 Å². The van der Waals surface area contributed by atoms with Gasteiger partial charge in [0.1, 0.15) is 11.6 Å². The van der Waals surface area contributed by atoms with Gasteiger partial charge in [-0.25, -0.2) is 9.37 Å². The van der Waals surface area contributed by atoms with Gasteiger partial charge in [-0.2, -0.15) is 0 Å². The first-order chi connectivity index (χ1) is 11.4. The molecule has 0 spiro atoms. The highest BCUT2D eigenvalue weighted by Crippen LogP contribution is 2.19. The van der Waals surface area contributed by atoms with Gasteiger partial charge in [-0.1, -0.05) is 6.92 Å². The number of anilines is 1. The normalized spacial score (nSPS) is 11.0. The summed E-state index contributed by atoms with van der Waals surface area (Å²) in [6.45, 7) is 3.58. The topological polar surface area (TPSA) is 38.1 Å². The van der Waals surface area contributed by atoms with Crippen LogP contribution < -0.4 is 10.5 Å². The zero-order chi connectivity index (χ0) is 17.4. The van der Waals surface area contributed by atoms with Gasteiger partial charge in [-0.05, 0) is 42.8 Å². The van der Waals surface area contributed by atoms with E-state index in [1.807, 2.05) is 50.2 Å². The van der Waals surface area contributed by atoms with Crippen molar-refractivity contribution >= 4 is 16.6 Å². The predicted octanol–water partition coefficient (Wildman–Crippen LogP) is 3.46. The minimum absolute atomic E-state index is 0.169. The SMILES string of the molecule is CCc1nc2cc(F)c(C)cc2c(=O)n1-c1ccc(N(C)C)cc1. The highest BCUT2D eigenvalue weighted by molar-refractivity contribution is 5.79. The number of hydrogen-bond acceptors (Lipinski definition) is 3. The van der Waals surface area contributed by atoms with Crippen molar-refractivity contribution in [1.29, 1.82) is 0 Å². The third-order valence-corrected chi connectivity index (χ3v) is 4.16. The Morgan fingerprint density at radius 1 is 1.17 bits per heavy atom. The van der Waals surface area contributed by atoms with E-state index >= 15 is 0 Å². The fourth-order valence-electron chi connectivity index (χ4n) is 2.76. The fourth-order valence-corrected chi connectivity index (χ4v) is 2.76. The van der Waals surface area contributed by atoms with Crippen molar-refractivity contribution in [2.24, 2.45) is 0 Å². The van der Waals surface area contributed by atoms with Crippen LogP contribution >= 0.6 is 0 Å². The van der Waals surface area contributed by atoms with Crippen LogP contribution in [0.2, 0.25) is 0 Å². The van der Waals surface area contributed by atoms with E-state index in [2.05, 4.69) is 4.98 Å². The molecule has 24 heavy (non-hydrogen) atoms. The zero-order valence-electron chi connectivity index (χ0n) is 14.3. The summed E-state index contributed by atoms with van der Waals surface area (Å²) >= 11 is 0. The summed E-state index contributed by atoms with van der Waals surface area (Å²) in [5.41, 5.74) is 2.49. The van der Waals surface area contributed by atoms with Gasteiger partial charge in [0.05, 0.1) is 16.6 Å². The number of fused-ring (bicyclic) bond motifs is 1. The van der Waals surface area contributed by atoms with Crippen LogP contribution in [0.15, 0.2) is 41.2 Å². The van der Waals surface area contributed by atoms with E-state index in [4.69, 9.17) is 0 Å². The van der Waals surface area contributed by atoms with Gasteiger partial charge in [0, 0.05) is 32.3 Å². The Hall–Kier alpha value is -2.69. The Bertz CT molecular complexity index is 959. The van der Waals surface area contributed by atoms with E-state index in [1.54, 1.807) is 17.6 Å². The number of aryl methyl sites for hydroxylation is 2. The Kier molecular flexibility index (Phi) is 4.09. The van der Waals surface area contributed by atoms with Crippen LogP contribution in [-0.4, -0.2) is 23.6 Å². The average Bonchev–Trinajstić information content (AvgIpc) is 2.56. The molecule has 3 rings (SSSR count). The molecule has 0 saturated carbocycles. The lowest BCUT2D eigenvalue weighted by atomic mass is 10.1. The summed E-state index contributed by atoms with van der Waals surface area (Å²) in [7, 11) is 3.93. The second kappa shape index (κ2) is 6.07. The van der Waals surface area contributed by atoms with Crippen molar-refractivity contribution in [3.63, 3.8) is 0 Å². The molecule has 0 aliphatic rings. The molecule has 0 unspecified atom stereocenters. The molecule has 0 saturated heterocycles. The Balaban J connectivity index is 2.28. The molecule has 0 bridgehead atoms. The third-order valence-electron chi connectivity index (χ3n) is 4.16. The van der Waals surface area contributed by atoms with Crippen LogP contribution in [0.4, 0.5) is 10.1 Å². The molecule has 1 aromatic heterocycles. The molecular weight excluding hydrogens is 305 g/mol. The van der Waals surface area contributed by atoms with Crippen LogP contribution in [0, 0.1) is 12.7 Å². The lowest BCUT2D eigenvalue weighted by molar-refractivity contribution is 0.620. The van der Waals surface area contributed by atoms with Gasteiger partial charge in [0.2, 0.25) is 0 Å². The third kappa shape index (κ3) is 2.66. The molecule has 0 radical (unpaired) electrons. The van der Waals surface area contributed by atoms with Crippen molar-refractivity contribution in [3.8, 4) is 5.69 Å². The van der Waals surface area contributed by atoms with Crippen molar-refractivity contribution in [2.45, 2.75) is 20.3 Å². The van der Waals surface area contributed by atoms with E-state index in [1.165, 1.54) is 6.07 Å². The van der Waals surface area contributed by atoms with E-state index < -0.39 is 0 Å². The quantitative estimate of drug-likeness (QED) is 0.740. The Morgan fingerprint density at radius 2 is 1.83 bits per heavy atom. The second-order valence-corrected chi connectivity index (χ2v) is 6.05. The highest BCUT2D eigenvalue weighted by atomic mass is 19.1. The number of rotatable bonds is 3. The van der Waals surface area contributed by atoms with Crippen LogP contribution in [0.5, 0.6) is 0 Å². The summed E-state index contributed by atoms with van der Waals surface area (Å²) in [5, 5.41) is 0.433. The lowest BCUT2D eigenvalue weighted by Gasteiger charge is -2.16. The van der Waals surface area contributed by atoms with Gasteiger partial charge < -0.3 is 4.90 Å². The Morgan fingerprint density at radius 3 is 2.42 bits per heavy atom. The lowest BCUT2D eigenvalue weighted by Crippen LogP contribution is -2.24. The number of hydrogen-bond donors (Lipinski definition) is 0. The summed E-state index contributed by atoms with van der Waals surface area (Å²) in [6.07, 6.45) is 0.579. The van der Waals surface area contributed by atoms with Crippen LogP contribution in [0.1, 0.15) is 18.3 Å². The first kappa shape index (κ1) is 16.2. The predicted molar refractivity (Wildman–Crippen MR) is 95.7 cm³/mol. The molecule has 0 atom stereocenters. The number of halogens is 1. The monoisotopic (exact) mass is 325 g/mol. The highest BCUT2D eigenvalue weighted by Gasteiger charge is 2.13. The number of nitrogens with zero attached hydrogens (tertiary/aromatic N) is 3. The molecule has 2 aromatic carbocycles. The molecule has 124 valence electrons. The number of benzene rings is 2. The standard InChI is InChI=1S/C19H20FN3O/c1-5-18-21-17-11-16(20)12(2)10-15(17)19(24)23(18)14-8-6-13(7-9-14)22(3)4/h6-11H,5H2,1-4H3. The van der Waals surface area contributed by atoms with E-state index in [9.17, 15) is 9.18 Å². The van der Waals surface area contributed by atoms with Crippen molar-refractivity contribution in [3.05, 3.63) is 64.0 Å². The summed E-state index contributed by atoms with van der Waals surface area (Å²) in [6, 6.07) is 10.6. The summed E-state index contributed by atoms with van der Waals surface area (Å²) < 4.78 is 15.4. The molecule has 3 aromatic rings. The first-order valence-corrected chi connectivity index (χ1v) is 7.92. The van der Waals surface area contributed by atoms with Gasteiger partial charge in [-0.15, -0.1) is 0 Å². The molecule has 0 amide bonds. The average molecular weight is 325 g/mol. The van der Waals surface area contributed by atoms with Gasteiger partial charge in [0.15, 0.2) is 0 Å². The maximum Gasteiger partial charge on any atom is 0.265 e. The van der Waals surface area contributed by atoms with Gasteiger partial charge in [-0.3, -0.25) is 9.36 Å². The maximum atomic E-state index is 13.8. The molecule has 0 aliphatic carbocycles. The van der Waals surface area contributed by atoms with Crippen molar-refractivity contribution in [1.82, 2.24) is 9.55 Å². The number of aromatic nitrogens is 2. The van der Waals surface area contributed by atoms with E-state index in [0.29, 0.717) is 28.7 Å². The molecule has 5 heteroatoms. The fraction of sp³-hybridized carbons (Fsp3) is 0.263. The molecule has 1 heterocycles. The molecule has 0 N–H and O–H groups in total. The largest absolute Gasteiger partial charge is 0.378 e. The molecule has 4 nitrogen and oxygen atoms in total. The van der Waals surface area contributed by atoms with Crippen LogP contribution in [0.25, 0.3) is 16.6 Å².